The van der Waals surface area contributed by atoms with Gasteiger partial charge in [-0.1, -0.05) is 0 Å². The quantitative estimate of drug-likeness (QED) is 0.698. The van der Waals surface area contributed by atoms with Gasteiger partial charge in [0.15, 0.2) is 17.9 Å². The van der Waals surface area contributed by atoms with E-state index in [4.69, 9.17) is 28.1 Å². The van der Waals surface area contributed by atoms with Crippen LogP contribution in [0, 0.1) is 6.92 Å². The van der Waals surface area contributed by atoms with Crippen molar-refractivity contribution < 1.29 is 37.7 Å². The second kappa shape index (κ2) is 7.06. The Hall–Kier alpha value is -1.92. The predicted octanol–water partition coefficient (Wildman–Crippen LogP) is 1.21. The number of ether oxygens (including phenoxy) is 5. The van der Waals surface area contributed by atoms with Crippen LogP contribution in [-0.4, -0.2) is 69.2 Å². The molecule has 0 saturated carbocycles. The molecular weight excluding hydrogens is 398 g/mol. The molecule has 3 aliphatic heterocycles. The van der Waals surface area contributed by atoms with E-state index in [0.29, 0.717) is 0 Å². The Morgan fingerprint density at radius 3 is 2.03 bits per heavy atom. The molecule has 4 rings (SSSR count). The zero-order valence-electron chi connectivity index (χ0n) is 18.1. The van der Waals surface area contributed by atoms with Gasteiger partial charge in [-0.3, -0.25) is 14.5 Å². The Morgan fingerprint density at radius 2 is 1.47 bits per heavy atom. The van der Waals surface area contributed by atoms with Gasteiger partial charge < -0.3 is 28.1 Å². The van der Waals surface area contributed by atoms with Gasteiger partial charge in [-0.2, -0.15) is 0 Å². The standard InChI is InChI=1S/C19H27N3O8/c1-8-20-21-16(25-8)11(22(9(2)23)10(3)24)12-13-14(28-18(4,5)27-13)15-17(26-12)30-19(6,7)29-15/h11-15,17H,1-7H3/t11-,12+,13-,14-,15+,17+/m0/s1. The third kappa shape index (κ3) is 3.65. The van der Waals surface area contributed by atoms with Crippen LogP contribution in [0.25, 0.3) is 0 Å². The van der Waals surface area contributed by atoms with Crippen molar-refractivity contribution in [2.45, 2.75) is 96.8 Å². The van der Waals surface area contributed by atoms with E-state index in [0.717, 1.165) is 4.90 Å². The van der Waals surface area contributed by atoms with E-state index in [1.54, 1.807) is 34.6 Å². The zero-order valence-corrected chi connectivity index (χ0v) is 18.1. The van der Waals surface area contributed by atoms with Gasteiger partial charge in [0.25, 0.3) is 0 Å². The van der Waals surface area contributed by atoms with Crippen molar-refractivity contribution in [3.05, 3.63) is 11.8 Å². The lowest BCUT2D eigenvalue weighted by Gasteiger charge is -2.42. The molecule has 6 atom stereocenters. The summed E-state index contributed by atoms with van der Waals surface area (Å²) in [4.78, 5) is 25.9. The monoisotopic (exact) mass is 425 g/mol. The lowest BCUT2D eigenvalue weighted by Crippen LogP contribution is -2.59. The third-order valence-electron chi connectivity index (χ3n) is 5.25. The molecule has 30 heavy (non-hydrogen) atoms. The fourth-order valence-corrected chi connectivity index (χ4v) is 4.34. The van der Waals surface area contributed by atoms with Crippen LogP contribution >= 0.6 is 0 Å². The van der Waals surface area contributed by atoms with Crippen molar-refractivity contribution in [1.82, 2.24) is 15.1 Å². The van der Waals surface area contributed by atoms with E-state index in [1.807, 2.05) is 0 Å². The summed E-state index contributed by atoms with van der Waals surface area (Å²) >= 11 is 0. The summed E-state index contributed by atoms with van der Waals surface area (Å²) in [7, 11) is 0. The first-order valence-corrected chi connectivity index (χ1v) is 9.86. The van der Waals surface area contributed by atoms with Gasteiger partial charge in [-0.15, -0.1) is 10.2 Å². The molecule has 0 N–H and O–H groups in total. The van der Waals surface area contributed by atoms with Gasteiger partial charge in [-0.25, -0.2) is 0 Å². The number of carbonyl (C=O) groups excluding carboxylic acids is 2. The number of hydrogen-bond acceptors (Lipinski definition) is 10. The zero-order chi connectivity index (χ0) is 22.0. The number of carbonyl (C=O) groups is 2. The molecule has 3 aliphatic rings. The van der Waals surface area contributed by atoms with Gasteiger partial charge in [0.05, 0.1) is 0 Å². The first kappa shape index (κ1) is 21.3. The van der Waals surface area contributed by atoms with E-state index in [1.165, 1.54) is 13.8 Å². The van der Waals surface area contributed by atoms with Crippen molar-refractivity contribution in [3.8, 4) is 0 Å². The Morgan fingerprint density at radius 1 is 0.900 bits per heavy atom. The topological polar surface area (TPSA) is 122 Å². The van der Waals surface area contributed by atoms with Crippen LogP contribution in [0.4, 0.5) is 0 Å². The van der Waals surface area contributed by atoms with E-state index in [-0.39, 0.29) is 11.8 Å². The SMILES string of the molecule is CC(=O)N(C(C)=O)[C@H](c1nnc(C)o1)[C@H]1O[C@@H]2OC(C)(C)O[C@@H]2[C@H]2OC(C)(C)O[C@H]21. The van der Waals surface area contributed by atoms with Crippen LogP contribution in [0.2, 0.25) is 0 Å². The molecular formula is C19H27N3O8. The largest absolute Gasteiger partial charge is 0.423 e. The number of rotatable bonds is 3. The maximum Gasteiger partial charge on any atom is 0.242 e. The average molecular weight is 425 g/mol. The Kier molecular flexibility index (Phi) is 5.02. The summed E-state index contributed by atoms with van der Waals surface area (Å²) in [5.41, 5.74) is 0. The summed E-state index contributed by atoms with van der Waals surface area (Å²) < 4.78 is 36.0. The van der Waals surface area contributed by atoms with E-state index < -0.39 is 60.1 Å². The third-order valence-corrected chi connectivity index (χ3v) is 5.25. The highest BCUT2D eigenvalue weighted by atomic mass is 16.9. The van der Waals surface area contributed by atoms with Crippen molar-refractivity contribution in [3.63, 3.8) is 0 Å². The lowest BCUT2D eigenvalue weighted by molar-refractivity contribution is -0.248. The molecule has 0 radical (unpaired) electrons. The normalized spacial score (nSPS) is 34.8. The molecule has 11 heteroatoms. The van der Waals surface area contributed by atoms with Gasteiger partial charge in [-0.05, 0) is 27.7 Å². The fourth-order valence-electron chi connectivity index (χ4n) is 4.34. The molecule has 0 bridgehead atoms. The van der Waals surface area contributed by atoms with Crippen LogP contribution in [0.3, 0.4) is 0 Å². The number of aryl methyl sites for hydroxylation is 1. The molecule has 0 aromatic carbocycles. The Labute approximate surface area is 173 Å². The first-order chi connectivity index (χ1) is 13.9. The molecule has 3 saturated heterocycles. The number of nitrogens with zero attached hydrogens (tertiary/aromatic N) is 3. The maximum atomic E-state index is 12.4. The molecule has 1 aromatic rings. The number of imide groups is 1. The number of aromatic nitrogens is 2. The van der Waals surface area contributed by atoms with E-state index >= 15 is 0 Å². The Bertz CT molecular complexity index is 839. The van der Waals surface area contributed by atoms with Crippen LogP contribution < -0.4 is 0 Å². The minimum absolute atomic E-state index is 0.0616. The molecule has 0 aliphatic carbocycles. The smallest absolute Gasteiger partial charge is 0.242 e. The summed E-state index contributed by atoms with van der Waals surface area (Å²) in [6, 6.07) is -1.03. The minimum atomic E-state index is -1.03. The van der Waals surface area contributed by atoms with Crippen LogP contribution in [0.15, 0.2) is 4.42 Å². The number of fused-ring (bicyclic) bond motifs is 3. The van der Waals surface area contributed by atoms with Gasteiger partial charge in [0.1, 0.15) is 30.5 Å². The van der Waals surface area contributed by atoms with E-state index in [2.05, 4.69) is 10.2 Å². The van der Waals surface area contributed by atoms with Crippen molar-refractivity contribution in [1.29, 1.82) is 0 Å². The highest BCUT2D eigenvalue weighted by molar-refractivity contribution is 5.93. The summed E-state index contributed by atoms with van der Waals surface area (Å²) in [5.74, 6) is -2.47. The lowest BCUT2D eigenvalue weighted by atomic mass is 9.93. The highest BCUT2D eigenvalue weighted by Gasteiger charge is 2.63. The van der Waals surface area contributed by atoms with Gasteiger partial charge in [0, 0.05) is 20.8 Å². The van der Waals surface area contributed by atoms with Crippen molar-refractivity contribution in [2.24, 2.45) is 0 Å². The minimum Gasteiger partial charge on any atom is -0.423 e. The molecule has 166 valence electrons. The summed E-state index contributed by atoms with van der Waals surface area (Å²) in [6.45, 7) is 11.3. The van der Waals surface area contributed by atoms with Gasteiger partial charge in [0.2, 0.25) is 23.6 Å². The number of amides is 2. The van der Waals surface area contributed by atoms with Gasteiger partial charge >= 0.3 is 0 Å². The highest BCUT2D eigenvalue weighted by Crippen LogP contribution is 2.47. The number of hydrogen-bond donors (Lipinski definition) is 0. The molecule has 0 spiro atoms. The molecule has 1 aromatic heterocycles. The molecule has 3 fully saturated rings. The van der Waals surface area contributed by atoms with Crippen LogP contribution in [0.1, 0.15) is 59.4 Å². The fraction of sp³-hybridized carbons (Fsp3) is 0.789. The van der Waals surface area contributed by atoms with Crippen LogP contribution in [0.5, 0.6) is 0 Å². The Balaban J connectivity index is 1.79. The summed E-state index contributed by atoms with van der Waals surface area (Å²) in [6.07, 6.45) is -3.47. The molecule has 0 unspecified atom stereocenters. The second-order valence-electron chi connectivity index (χ2n) is 8.65. The van der Waals surface area contributed by atoms with Crippen LogP contribution in [-0.2, 0) is 33.3 Å². The second-order valence-corrected chi connectivity index (χ2v) is 8.65. The van der Waals surface area contributed by atoms with Crippen molar-refractivity contribution in [2.75, 3.05) is 0 Å². The van der Waals surface area contributed by atoms with Crippen molar-refractivity contribution >= 4 is 11.8 Å². The first-order valence-electron chi connectivity index (χ1n) is 9.86. The molecule has 11 nitrogen and oxygen atoms in total. The predicted molar refractivity (Wildman–Crippen MR) is 97.5 cm³/mol. The summed E-state index contributed by atoms with van der Waals surface area (Å²) in [5, 5.41) is 7.92. The maximum absolute atomic E-state index is 12.4. The van der Waals surface area contributed by atoms with E-state index in [9.17, 15) is 9.59 Å². The average Bonchev–Trinajstić information content (AvgIpc) is 3.24. The molecule has 2 amide bonds. The molecule has 4 heterocycles.